The van der Waals surface area contributed by atoms with E-state index in [1.165, 1.54) is 16.6 Å². The lowest BCUT2D eigenvalue weighted by atomic mass is 9.99. The van der Waals surface area contributed by atoms with Gasteiger partial charge in [-0.05, 0) is 56.5 Å². The summed E-state index contributed by atoms with van der Waals surface area (Å²) in [6, 6.07) is 6.35. The van der Waals surface area contributed by atoms with Gasteiger partial charge in [-0.1, -0.05) is 6.07 Å². The molecule has 1 amide bonds. The number of aromatic nitrogens is 1. The number of aromatic amines is 1. The molecule has 1 aromatic carbocycles. The molecule has 21 heavy (non-hydrogen) atoms. The minimum atomic E-state index is 0.124. The Hall–Kier alpha value is -1.81. The molecule has 0 aliphatic carbocycles. The molecule has 1 unspecified atom stereocenters. The number of nitrogens with one attached hydrogen (secondary N) is 3. The smallest absolute Gasteiger partial charge is 0.224 e. The molecule has 1 atom stereocenters. The van der Waals surface area contributed by atoms with E-state index in [0.717, 1.165) is 37.0 Å². The molecule has 0 radical (unpaired) electrons. The van der Waals surface area contributed by atoms with Gasteiger partial charge in [-0.3, -0.25) is 4.79 Å². The number of aryl methyl sites for hydroxylation is 2. The Morgan fingerprint density at radius 1 is 1.38 bits per heavy atom. The maximum Gasteiger partial charge on any atom is 0.224 e. The van der Waals surface area contributed by atoms with Gasteiger partial charge in [0.2, 0.25) is 5.91 Å². The first-order chi connectivity index (χ1) is 10.1. The van der Waals surface area contributed by atoms with Gasteiger partial charge in [0.25, 0.3) is 0 Å². The summed E-state index contributed by atoms with van der Waals surface area (Å²) >= 11 is 0. The predicted octanol–water partition coefficient (Wildman–Crippen LogP) is 2.40. The number of hydrogen-bond donors (Lipinski definition) is 3. The van der Waals surface area contributed by atoms with Crippen LogP contribution < -0.4 is 10.6 Å². The summed E-state index contributed by atoms with van der Waals surface area (Å²) in [4.78, 5) is 15.5. The Morgan fingerprint density at radius 3 is 3.00 bits per heavy atom. The van der Waals surface area contributed by atoms with Crippen molar-refractivity contribution in [3.8, 4) is 0 Å². The van der Waals surface area contributed by atoms with Crippen molar-refractivity contribution in [2.75, 3.05) is 13.1 Å². The third-order valence-electron chi connectivity index (χ3n) is 4.51. The van der Waals surface area contributed by atoms with Gasteiger partial charge in [-0.25, -0.2) is 0 Å². The van der Waals surface area contributed by atoms with E-state index >= 15 is 0 Å². The third kappa shape index (κ3) is 2.95. The molecule has 0 bridgehead atoms. The zero-order valence-corrected chi connectivity index (χ0v) is 12.8. The maximum atomic E-state index is 12.1. The van der Waals surface area contributed by atoms with Gasteiger partial charge in [-0.2, -0.15) is 0 Å². The second-order valence-corrected chi connectivity index (χ2v) is 6.02. The molecule has 2 aromatic rings. The molecule has 1 aliphatic heterocycles. The Bertz CT molecular complexity index is 653. The topological polar surface area (TPSA) is 56.9 Å². The molecule has 0 saturated carbocycles. The fraction of sp³-hybridized carbons (Fsp3) is 0.471. The third-order valence-corrected chi connectivity index (χ3v) is 4.51. The van der Waals surface area contributed by atoms with E-state index in [2.05, 4.69) is 47.7 Å². The average Bonchev–Trinajstić information content (AvgIpc) is 2.80. The molecule has 1 fully saturated rings. The van der Waals surface area contributed by atoms with Gasteiger partial charge in [0.1, 0.15) is 0 Å². The maximum absolute atomic E-state index is 12.1. The SMILES string of the molecule is Cc1[nH]c2ccc(CNC(=O)C3CCCNC3)cc2c1C. The van der Waals surface area contributed by atoms with E-state index in [9.17, 15) is 4.79 Å². The molecule has 3 N–H and O–H groups in total. The number of amides is 1. The normalized spacial score (nSPS) is 18.9. The summed E-state index contributed by atoms with van der Waals surface area (Å²) in [6.45, 7) is 6.67. The highest BCUT2D eigenvalue weighted by atomic mass is 16.1. The largest absolute Gasteiger partial charge is 0.358 e. The number of rotatable bonds is 3. The van der Waals surface area contributed by atoms with E-state index in [0.29, 0.717) is 6.54 Å². The van der Waals surface area contributed by atoms with Crippen LogP contribution in [0.1, 0.15) is 29.7 Å². The van der Waals surface area contributed by atoms with Gasteiger partial charge >= 0.3 is 0 Å². The number of carbonyl (C=O) groups excluding carboxylic acids is 1. The van der Waals surface area contributed by atoms with E-state index in [4.69, 9.17) is 0 Å². The lowest BCUT2D eigenvalue weighted by molar-refractivity contribution is -0.125. The first-order valence-electron chi connectivity index (χ1n) is 7.71. The number of H-pyrrole nitrogens is 1. The van der Waals surface area contributed by atoms with Crippen LogP contribution in [0.4, 0.5) is 0 Å². The van der Waals surface area contributed by atoms with E-state index in [-0.39, 0.29) is 11.8 Å². The fourth-order valence-electron chi connectivity index (χ4n) is 3.03. The molecule has 1 aliphatic rings. The first kappa shape index (κ1) is 14.1. The van der Waals surface area contributed by atoms with Gasteiger partial charge in [-0.15, -0.1) is 0 Å². The number of hydrogen-bond acceptors (Lipinski definition) is 2. The van der Waals surface area contributed by atoms with Gasteiger partial charge in [0, 0.05) is 29.7 Å². The Kier molecular flexibility index (Phi) is 3.97. The molecule has 1 saturated heterocycles. The van der Waals surface area contributed by atoms with Gasteiger partial charge < -0.3 is 15.6 Å². The Labute approximate surface area is 125 Å². The first-order valence-corrected chi connectivity index (χ1v) is 7.71. The van der Waals surface area contributed by atoms with Crippen LogP contribution >= 0.6 is 0 Å². The number of benzene rings is 1. The second kappa shape index (κ2) is 5.90. The van der Waals surface area contributed by atoms with Gasteiger partial charge in [0.05, 0.1) is 5.92 Å². The molecule has 1 aromatic heterocycles. The highest BCUT2D eigenvalue weighted by molar-refractivity contribution is 5.85. The predicted molar refractivity (Wildman–Crippen MR) is 85.2 cm³/mol. The second-order valence-electron chi connectivity index (χ2n) is 6.02. The van der Waals surface area contributed by atoms with Crippen LogP contribution in [-0.4, -0.2) is 24.0 Å². The van der Waals surface area contributed by atoms with Crippen molar-refractivity contribution >= 4 is 16.8 Å². The number of piperidine rings is 1. The summed E-state index contributed by atoms with van der Waals surface area (Å²) in [5.41, 5.74) is 4.81. The Morgan fingerprint density at radius 2 is 2.24 bits per heavy atom. The molecule has 4 nitrogen and oxygen atoms in total. The molecule has 2 heterocycles. The highest BCUT2D eigenvalue weighted by Crippen LogP contribution is 2.22. The molecule has 4 heteroatoms. The van der Waals surface area contributed by atoms with E-state index in [1.54, 1.807) is 0 Å². The molecule has 112 valence electrons. The molecular formula is C17H23N3O. The van der Waals surface area contributed by atoms with Gasteiger partial charge in [0.15, 0.2) is 0 Å². The summed E-state index contributed by atoms with van der Waals surface area (Å²) < 4.78 is 0. The lowest BCUT2D eigenvalue weighted by Crippen LogP contribution is -2.40. The number of fused-ring (bicyclic) bond motifs is 1. The summed E-state index contributed by atoms with van der Waals surface area (Å²) in [7, 11) is 0. The van der Waals surface area contributed by atoms with Crippen LogP contribution in [0.25, 0.3) is 10.9 Å². The van der Waals surface area contributed by atoms with E-state index in [1.807, 2.05) is 0 Å². The van der Waals surface area contributed by atoms with Crippen LogP contribution in [0.15, 0.2) is 18.2 Å². The zero-order valence-electron chi connectivity index (χ0n) is 12.8. The molecular weight excluding hydrogens is 262 g/mol. The average molecular weight is 285 g/mol. The zero-order chi connectivity index (χ0) is 14.8. The fourth-order valence-corrected chi connectivity index (χ4v) is 3.03. The summed E-state index contributed by atoms with van der Waals surface area (Å²) in [5, 5.41) is 7.60. The van der Waals surface area contributed by atoms with Crippen molar-refractivity contribution in [3.05, 3.63) is 35.0 Å². The molecule has 0 spiro atoms. The summed E-state index contributed by atoms with van der Waals surface area (Å²) in [5.74, 6) is 0.294. The van der Waals surface area contributed by atoms with Crippen LogP contribution in [0.5, 0.6) is 0 Å². The quantitative estimate of drug-likeness (QED) is 0.811. The van der Waals surface area contributed by atoms with Crippen molar-refractivity contribution in [3.63, 3.8) is 0 Å². The van der Waals surface area contributed by atoms with Crippen molar-refractivity contribution in [1.82, 2.24) is 15.6 Å². The van der Waals surface area contributed by atoms with Crippen molar-refractivity contribution < 1.29 is 4.79 Å². The number of carbonyl (C=O) groups is 1. The minimum absolute atomic E-state index is 0.124. The van der Waals surface area contributed by atoms with Crippen LogP contribution in [-0.2, 0) is 11.3 Å². The van der Waals surface area contributed by atoms with E-state index < -0.39 is 0 Å². The van der Waals surface area contributed by atoms with Crippen LogP contribution in [0, 0.1) is 19.8 Å². The van der Waals surface area contributed by atoms with Crippen molar-refractivity contribution in [1.29, 1.82) is 0 Å². The monoisotopic (exact) mass is 285 g/mol. The highest BCUT2D eigenvalue weighted by Gasteiger charge is 2.20. The van der Waals surface area contributed by atoms with Crippen molar-refractivity contribution in [2.24, 2.45) is 5.92 Å². The van der Waals surface area contributed by atoms with Crippen LogP contribution in [0.2, 0.25) is 0 Å². The summed E-state index contributed by atoms with van der Waals surface area (Å²) in [6.07, 6.45) is 2.08. The minimum Gasteiger partial charge on any atom is -0.358 e. The van der Waals surface area contributed by atoms with Crippen LogP contribution in [0.3, 0.4) is 0 Å². The Balaban J connectivity index is 1.67. The lowest BCUT2D eigenvalue weighted by Gasteiger charge is -2.21. The van der Waals surface area contributed by atoms with Crippen molar-refractivity contribution in [2.45, 2.75) is 33.2 Å². The standard InChI is InChI=1S/C17H23N3O/c1-11-12(2)20-16-6-5-13(8-15(11)16)9-19-17(21)14-4-3-7-18-10-14/h5-6,8,14,18,20H,3-4,7,9-10H2,1-2H3,(H,19,21). The molecule has 3 rings (SSSR count).